The van der Waals surface area contributed by atoms with Crippen LogP contribution in [0.3, 0.4) is 0 Å². The number of rotatable bonds is 1. The number of imidazole rings is 1. The average molecular weight is 298 g/mol. The van der Waals surface area contributed by atoms with Gasteiger partial charge >= 0.3 is 0 Å². The zero-order valence-corrected chi connectivity index (χ0v) is 12.3. The van der Waals surface area contributed by atoms with Crippen molar-refractivity contribution in [3.8, 4) is 0 Å². The van der Waals surface area contributed by atoms with Crippen LogP contribution in [0.4, 0.5) is 4.39 Å². The van der Waals surface area contributed by atoms with Crippen molar-refractivity contribution in [1.82, 2.24) is 9.55 Å². The van der Waals surface area contributed by atoms with E-state index < -0.39 is 0 Å². The van der Waals surface area contributed by atoms with Gasteiger partial charge in [0.1, 0.15) is 11.3 Å². The molecule has 106 valence electrons. The van der Waals surface area contributed by atoms with E-state index in [0.29, 0.717) is 16.3 Å². The highest BCUT2D eigenvalue weighted by Crippen LogP contribution is 2.32. The third kappa shape index (κ3) is 2.02. The van der Waals surface area contributed by atoms with E-state index in [0.717, 1.165) is 24.8 Å². The minimum Gasteiger partial charge on any atom is -0.328 e. The number of hydrogen-bond acceptors (Lipinski definition) is 1. The smallest absolute Gasteiger partial charge is 0.178 e. The maximum absolute atomic E-state index is 13.9. The molecule has 1 heterocycles. The highest BCUT2D eigenvalue weighted by molar-refractivity contribution is 7.71. The lowest BCUT2D eigenvalue weighted by Crippen LogP contribution is -2.18. The van der Waals surface area contributed by atoms with Gasteiger partial charge in [-0.2, -0.15) is 0 Å². The average Bonchev–Trinajstić information content (AvgIpc) is 2.84. The topological polar surface area (TPSA) is 20.7 Å². The zero-order chi connectivity index (χ0) is 14.4. The molecule has 0 radical (unpaired) electrons. The first kappa shape index (κ1) is 12.8. The second-order valence-corrected chi connectivity index (χ2v) is 5.99. The van der Waals surface area contributed by atoms with E-state index in [2.05, 4.69) is 33.8 Å². The maximum Gasteiger partial charge on any atom is 0.178 e. The van der Waals surface area contributed by atoms with E-state index >= 15 is 0 Å². The van der Waals surface area contributed by atoms with Crippen LogP contribution in [0.2, 0.25) is 0 Å². The highest BCUT2D eigenvalue weighted by Gasteiger charge is 2.22. The lowest BCUT2D eigenvalue weighted by molar-refractivity contribution is 0.448. The van der Waals surface area contributed by atoms with Crippen LogP contribution in [-0.4, -0.2) is 9.55 Å². The first-order valence-corrected chi connectivity index (χ1v) is 7.60. The number of halogens is 1. The summed E-state index contributed by atoms with van der Waals surface area (Å²) in [6, 6.07) is 14.0. The van der Waals surface area contributed by atoms with Gasteiger partial charge < -0.3 is 9.55 Å². The lowest BCUT2D eigenvalue weighted by atomic mass is 9.88. The van der Waals surface area contributed by atoms with E-state index in [1.807, 2.05) is 6.07 Å². The Hall–Kier alpha value is -1.94. The van der Waals surface area contributed by atoms with Crippen molar-refractivity contribution in [1.29, 1.82) is 0 Å². The van der Waals surface area contributed by atoms with E-state index in [1.165, 1.54) is 17.2 Å². The lowest BCUT2D eigenvalue weighted by Gasteiger charge is -2.26. The van der Waals surface area contributed by atoms with E-state index in [4.69, 9.17) is 12.2 Å². The van der Waals surface area contributed by atoms with E-state index in [1.54, 1.807) is 6.07 Å². The Morgan fingerprint density at radius 2 is 1.90 bits per heavy atom. The van der Waals surface area contributed by atoms with Crippen molar-refractivity contribution in [3.63, 3.8) is 0 Å². The molecular weight excluding hydrogens is 283 g/mol. The molecule has 1 aliphatic carbocycles. The Kier molecular flexibility index (Phi) is 2.93. The Morgan fingerprint density at radius 3 is 2.76 bits per heavy atom. The third-order valence-corrected chi connectivity index (χ3v) is 4.69. The van der Waals surface area contributed by atoms with E-state index in [-0.39, 0.29) is 5.82 Å². The molecule has 1 aliphatic rings. The van der Waals surface area contributed by atoms with Gasteiger partial charge in [0.15, 0.2) is 4.77 Å². The number of aryl methyl sites for hydroxylation is 1. The molecule has 1 unspecified atom stereocenters. The summed E-state index contributed by atoms with van der Waals surface area (Å²) >= 11 is 5.43. The molecular formula is C17H15FN2S. The van der Waals surface area contributed by atoms with Crippen LogP contribution in [0.5, 0.6) is 0 Å². The molecule has 0 fully saturated rings. The van der Waals surface area contributed by atoms with Crippen LogP contribution in [0, 0.1) is 10.6 Å². The standard InChI is InChI=1S/C17H15FN2S/c18-14-6-3-7-15-16(14)19-17(21)20(15)13-9-8-11-4-1-2-5-12(11)10-13/h1-7,13H,8-10H2,(H,19,21). The summed E-state index contributed by atoms with van der Waals surface area (Å²) in [7, 11) is 0. The number of hydrogen-bond donors (Lipinski definition) is 1. The summed E-state index contributed by atoms with van der Waals surface area (Å²) in [6.45, 7) is 0. The van der Waals surface area contributed by atoms with Crippen molar-refractivity contribution >= 4 is 23.3 Å². The Balaban J connectivity index is 1.84. The largest absolute Gasteiger partial charge is 0.328 e. The van der Waals surface area contributed by atoms with E-state index in [9.17, 15) is 4.39 Å². The molecule has 1 N–H and O–H groups in total. The predicted molar refractivity (Wildman–Crippen MR) is 84.6 cm³/mol. The van der Waals surface area contributed by atoms with Gasteiger partial charge in [-0.05, 0) is 54.7 Å². The summed E-state index contributed by atoms with van der Waals surface area (Å²) < 4.78 is 16.6. The molecule has 0 saturated heterocycles. The fourth-order valence-electron chi connectivity index (χ4n) is 3.38. The Labute approximate surface area is 127 Å². The zero-order valence-electron chi connectivity index (χ0n) is 11.5. The van der Waals surface area contributed by atoms with Crippen LogP contribution in [0.1, 0.15) is 23.6 Å². The summed E-state index contributed by atoms with van der Waals surface area (Å²) in [5, 5.41) is 0. The fraction of sp³-hybridized carbons (Fsp3) is 0.235. The summed E-state index contributed by atoms with van der Waals surface area (Å²) in [4.78, 5) is 3.02. The SMILES string of the molecule is Fc1cccc2c1[nH]c(=S)n2C1CCc2ccccc2C1. The monoisotopic (exact) mass is 298 g/mol. The normalized spacial score (nSPS) is 17.9. The molecule has 4 rings (SSSR count). The molecule has 0 amide bonds. The van der Waals surface area contributed by atoms with Gasteiger partial charge in [-0.25, -0.2) is 4.39 Å². The van der Waals surface area contributed by atoms with Gasteiger partial charge in [0.25, 0.3) is 0 Å². The van der Waals surface area contributed by atoms with Gasteiger partial charge in [-0.1, -0.05) is 30.3 Å². The van der Waals surface area contributed by atoms with Gasteiger partial charge in [-0.3, -0.25) is 0 Å². The van der Waals surface area contributed by atoms with Gasteiger partial charge in [0, 0.05) is 6.04 Å². The number of aromatic nitrogens is 2. The van der Waals surface area contributed by atoms with Crippen molar-refractivity contribution in [2.24, 2.45) is 0 Å². The van der Waals surface area contributed by atoms with Gasteiger partial charge in [0.05, 0.1) is 5.52 Å². The van der Waals surface area contributed by atoms with Crippen molar-refractivity contribution < 1.29 is 4.39 Å². The molecule has 0 spiro atoms. The van der Waals surface area contributed by atoms with Crippen molar-refractivity contribution in [2.75, 3.05) is 0 Å². The molecule has 2 aromatic carbocycles. The first-order valence-electron chi connectivity index (χ1n) is 7.19. The molecule has 21 heavy (non-hydrogen) atoms. The van der Waals surface area contributed by atoms with Crippen LogP contribution in [-0.2, 0) is 12.8 Å². The van der Waals surface area contributed by atoms with Crippen LogP contribution in [0.15, 0.2) is 42.5 Å². The summed E-state index contributed by atoms with van der Waals surface area (Å²) in [6.07, 6.45) is 3.04. The minimum atomic E-state index is -0.242. The minimum absolute atomic E-state index is 0.242. The molecule has 0 aliphatic heterocycles. The number of fused-ring (bicyclic) bond motifs is 2. The second kappa shape index (κ2) is 4.81. The second-order valence-electron chi connectivity index (χ2n) is 5.60. The number of H-pyrrole nitrogens is 1. The molecule has 2 nitrogen and oxygen atoms in total. The summed E-state index contributed by atoms with van der Waals surface area (Å²) in [5.74, 6) is -0.242. The highest BCUT2D eigenvalue weighted by atomic mass is 32.1. The molecule has 0 bridgehead atoms. The predicted octanol–water partition coefficient (Wildman–Crippen LogP) is 4.57. The molecule has 3 aromatic rings. The van der Waals surface area contributed by atoms with Crippen LogP contribution in [0.25, 0.3) is 11.0 Å². The first-order chi connectivity index (χ1) is 10.2. The maximum atomic E-state index is 13.9. The van der Waals surface area contributed by atoms with Crippen molar-refractivity contribution in [3.05, 3.63) is 64.2 Å². The molecule has 4 heteroatoms. The number of nitrogens with one attached hydrogen (secondary N) is 1. The number of aromatic amines is 1. The number of para-hydroxylation sites is 1. The summed E-state index contributed by atoms with van der Waals surface area (Å²) in [5.41, 5.74) is 4.18. The van der Waals surface area contributed by atoms with Crippen molar-refractivity contribution in [2.45, 2.75) is 25.3 Å². The van der Waals surface area contributed by atoms with Crippen LogP contribution >= 0.6 is 12.2 Å². The molecule has 0 saturated carbocycles. The third-order valence-electron chi connectivity index (χ3n) is 4.39. The van der Waals surface area contributed by atoms with Gasteiger partial charge in [0.2, 0.25) is 0 Å². The Morgan fingerprint density at radius 1 is 1.10 bits per heavy atom. The van der Waals surface area contributed by atoms with Gasteiger partial charge in [-0.15, -0.1) is 0 Å². The number of nitrogens with zero attached hydrogens (tertiary/aromatic N) is 1. The quantitative estimate of drug-likeness (QED) is 0.653. The molecule has 1 aromatic heterocycles. The number of benzene rings is 2. The van der Waals surface area contributed by atoms with Crippen LogP contribution < -0.4 is 0 Å². The molecule has 1 atom stereocenters. The Bertz CT molecular complexity index is 878. The fourth-order valence-corrected chi connectivity index (χ4v) is 3.72.